The first-order valence-electron chi connectivity index (χ1n) is 5.40. The van der Waals surface area contributed by atoms with Crippen LogP contribution in [0, 0.1) is 5.82 Å². The Hall–Kier alpha value is -1.23. The molecule has 2 aromatic rings. The molecule has 17 heavy (non-hydrogen) atoms. The summed E-state index contributed by atoms with van der Waals surface area (Å²) in [5, 5.41) is 7.84. The van der Waals surface area contributed by atoms with Crippen LogP contribution in [-0.4, -0.2) is 10.2 Å². The van der Waals surface area contributed by atoms with E-state index in [-0.39, 0.29) is 10.6 Å². The molecule has 0 amide bonds. The van der Waals surface area contributed by atoms with Crippen molar-refractivity contribution in [2.45, 2.75) is 24.6 Å². The van der Waals surface area contributed by atoms with Crippen molar-refractivity contribution in [2.24, 2.45) is 0 Å². The lowest BCUT2D eigenvalue weighted by molar-refractivity contribution is 0.451. The maximum absolute atomic E-state index is 13.4. The molecule has 0 saturated heterocycles. The van der Waals surface area contributed by atoms with Gasteiger partial charge < -0.3 is 4.42 Å². The van der Waals surface area contributed by atoms with Gasteiger partial charge in [0.25, 0.3) is 0 Å². The van der Waals surface area contributed by atoms with Crippen LogP contribution in [0.4, 0.5) is 4.39 Å². The first kappa shape index (κ1) is 12.2. The first-order valence-corrected chi connectivity index (χ1v) is 6.32. The van der Waals surface area contributed by atoms with Gasteiger partial charge in [-0.05, 0) is 18.1 Å². The SMILES string of the molecule is CCC(Br)c1nnc(Cc2ccccc2F)o1. The van der Waals surface area contributed by atoms with Gasteiger partial charge in [0.05, 0.1) is 11.2 Å². The van der Waals surface area contributed by atoms with Crippen LogP contribution in [0.15, 0.2) is 28.7 Å². The van der Waals surface area contributed by atoms with Crippen molar-refractivity contribution in [3.05, 3.63) is 47.4 Å². The normalized spacial score (nSPS) is 12.6. The van der Waals surface area contributed by atoms with Crippen LogP contribution in [0.1, 0.15) is 35.5 Å². The van der Waals surface area contributed by atoms with Crippen LogP contribution >= 0.6 is 15.9 Å². The van der Waals surface area contributed by atoms with Crippen molar-refractivity contribution in [3.8, 4) is 0 Å². The monoisotopic (exact) mass is 298 g/mol. The molecule has 0 aliphatic heterocycles. The van der Waals surface area contributed by atoms with Crippen LogP contribution in [0.2, 0.25) is 0 Å². The zero-order chi connectivity index (χ0) is 12.3. The van der Waals surface area contributed by atoms with Gasteiger partial charge in [-0.1, -0.05) is 41.1 Å². The van der Waals surface area contributed by atoms with E-state index in [9.17, 15) is 4.39 Å². The fourth-order valence-corrected chi connectivity index (χ4v) is 1.63. The number of aromatic nitrogens is 2. The van der Waals surface area contributed by atoms with Gasteiger partial charge in [-0.15, -0.1) is 10.2 Å². The molecule has 1 aromatic carbocycles. The van der Waals surface area contributed by atoms with Gasteiger partial charge in [-0.25, -0.2) is 4.39 Å². The second-order valence-corrected chi connectivity index (χ2v) is 4.78. The third kappa shape index (κ3) is 2.91. The highest BCUT2D eigenvalue weighted by Crippen LogP contribution is 2.25. The van der Waals surface area contributed by atoms with Gasteiger partial charge in [-0.2, -0.15) is 0 Å². The minimum absolute atomic E-state index is 0.0596. The second kappa shape index (κ2) is 5.40. The molecule has 0 bridgehead atoms. The smallest absolute Gasteiger partial charge is 0.230 e. The number of benzene rings is 1. The molecule has 0 spiro atoms. The lowest BCUT2D eigenvalue weighted by Crippen LogP contribution is -1.92. The molecule has 90 valence electrons. The summed E-state index contributed by atoms with van der Waals surface area (Å²) in [5.74, 6) is 0.722. The van der Waals surface area contributed by atoms with Crippen LogP contribution < -0.4 is 0 Å². The van der Waals surface area contributed by atoms with Crippen molar-refractivity contribution in [2.75, 3.05) is 0 Å². The summed E-state index contributed by atoms with van der Waals surface area (Å²) in [5.41, 5.74) is 0.560. The molecule has 2 rings (SSSR count). The molecule has 0 radical (unpaired) electrons. The van der Waals surface area contributed by atoms with Crippen LogP contribution in [-0.2, 0) is 6.42 Å². The summed E-state index contributed by atoms with van der Waals surface area (Å²) < 4.78 is 18.9. The van der Waals surface area contributed by atoms with E-state index in [1.165, 1.54) is 6.07 Å². The third-order valence-electron chi connectivity index (χ3n) is 2.41. The molecule has 0 fully saturated rings. The van der Waals surface area contributed by atoms with E-state index >= 15 is 0 Å². The van der Waals surface area contributed by atoms with Crippen molar-refractivity contribution in [1.82, 2.24) is 10.2 Å². The Morgan fingerprint density at radius 3 is 2.82 bits per heavy atom. The van der Waals surface area contributed by atoms with Gasteiger partial charge in [0, 0.05) is 0 Å². The highest BCUT2D eigenvalue weighted by atomic mass is 79.9. The van der Waals surface area contributed by atoms with Crippen molar-refractivity contribution >= 4 is 15.9 Å². The Labute approximate surface area is 107 Å². The number of hydrogen-bond donors (Lipinski definition) is 0. The summed E-state index contributed by atoms with van der Waals surface area (Å²) in [7, 11) is 0. The maximum atomic E-state index is 13.4. The molecule has 1 atom stereocenters. The summed E-state index contributed by atoms with van der Waals surface area (Å²) in [6, 6.07) is 6.58. The molecular formula is C12H12BrFN2O. The minimum Gasteiger partial charge on any atom is -0.424 e. The van der Waals surface area contributed by atoms with E-state index in [1.807, 2.05) is 6.92 Å². The van der Waals surface area contributed by atoms with Crippen LogP contribution in [0.25, 0.3) is 0 Å². The third-order valence-corrected chi connectivity index (χ3v) is 3.45. The summed E-state index contributed by atoms with van der Waals surface area (Å²) in [6.45, 7) is 2.01. The van der Waals surface area contributed by atoms with Gasteiger partial charge in [-0.3, -0.25) is 0 Å². The predicted molar refractivity (Wildman–Crippen MR) is 65.5 cm³/mol. The summed E-state index contributed by atoms with van der Waals surface area (Å²) in [4.78, 5) is 0.0596. The van der Waals surface area contributed by atoms with E-state index in [0.717, 1.165) is 6.42 Å². The van der Waals surface area contributed by atoms with E-state index in [2.05, 4.69) is 26.1 Å². The Morgan fingerprint density at radius 1 is 1.35 bits per heavy atom. The molecule has 0 N–H and O–H groups in total. The number of nitrogens with zero attached hydrogens (tertiary/aromatic N) is 2. The fraction of sp³-hybridized carbons (Fsp3) is 0.333. The Balaban J connectivity index is 2.14. The topological polar surface area (TPSA) is 38.9 Å². The van der Waals surface area contributed by atoms with Gasteiger partial charge >= 0.3 is 0 Å². The Kier molecular flexibility index (Phi) is 3.89. The average molecular weight is 299 g/mol. The fourth-order valence-electron chi connectivity index (χ4n) is 1.44. The minimum atomic E-state index is -0.252. The number of hydrogen-bond acceptors (Lipinski definition) is 3. The van der Waals surface area contributed by atoms with Gasteiger partial charge in [0.1, 0.15) is 5.82 Å². The maximum Gasteiger partial charge on any atom is 0.230 e. The van der Waals surface area contributed by atoms with E-state index < -0.39 is 0 Å². The Morgan fingerprint density at radius 2 is 2.12 bits per heavy atom. The lowest BCUT2D eigenvalue weighted by atomic mass is 10.1. The zero-order valence-electron chi connectivity index (χ0n) is 9.36. The molecule has 1 unspecified atom stereocenters. The molecule has 0 aliphatic carbocycles. The first-order chi connectivity index (χ1) is 8.20. The molecule has 0 saturated carbocycles. The molecule has 1 heterocycles. The molecule has 1 aromatic heterocycles. The predicted octanol–water partition coefficient (Wildman–Crippen LogP) is 3.65. The molecule has 3 nitrogen and oxygen atoms in total. The summed E-state index contributed by atoms with van der Waals surface area (Å²) in [6.07, 6.45) is 1.18. The second-order valence-electron chi connectivity index (χ2n) is 3.68. The van der Waals surface area contributed by atoms with E-state index in [0.29, 0.717) is 23.8 Å². The van der Waals surface area contributed by atoms with E-state index in [4.69, 9.17) is 4.42 Å². The quantitative estimate of drug-likeness (QED) is 0.809. The highest BCUT2D eigenvalue weighted by molar-refractivity contribution is 9.09. The number of alkyl halides is 1. The zero-order valence-corrected chi connectivity index (χ0v) is 10.9. The van der Waals surface area contributed by atoms with Crippen molar-refractivity contribution in [1.29, 1.82) is 0 Å². The standard InChI is InChI=1S/C12H12BrFN2O/c1-2-9(13)12-16-15-11(17-12)7-8-5-3-4-6-10(8)14/h3-6,9H,2,7H2,1H3. The molecule has 5 heteroatoms. The molecular weight excluding hydrogens is 287 g/mol. The van der Waals surface area contributed by atoms with Gasteiger partial charge in [0.15, 0.2) is 0 Å². The molecule has 0 aliphatic rings. The van der Waals surface area contributed by atoms with Crippen LogP contribution in [0.3, 0.4) is 0 Å². The number of halogens is 2. The van der Waals surface area contributed by atoms with Crippen molar-refractivity contribution < 1.29 is 8.81 Å². The summed E-state index contributed by atoms with van der Waals surface area (Å²) >= 11 is 3.43. The number of rotatable bonds is 4. The highest BCUT2D eigenvalue weighted by Gasteiger charge is 2.14. The van der Waals surface area contributed by atoms with Gasteiger partial charge in [0.2, 0.25) is 11.8 Å². The average Bonchev–Trinajstić information content (AvgIpc) is 2.80. The lowest BCUT2D eigenvalue weighted by Gasteiger charge is -1.99. The Bertz CT molecular complexity index is 501. The van der Waals surface area contributed by atoms with Crippen LogP contribution in [0.5, 0.6) is 0 Å². The van der Waals surface area contributed by atoms with Crippen molar-refractivity contribution in [3.63, 3.8) is 0 Å². The van der Waals surface area contributed by atoms with E-state index in [1.54, 1.807) is 18.2 Å². The largest absolute Gasteiger partial charge is 0.424 e.